The van der Waals surface area contributed by atoms with Crippen LogP contribution in [-0.4, -0.2) is 25.8 Å². The lowest BCUT2D eigenvalue weighted by molar-refractivity contribution is -0.139. The van der Waals surface area contributed by atoms with Crippen LogP contribution in [0.5, 0.6) is 11.5 Å². The minimum atomic E-state index is -0.751. The van der Waals surface area contributed by atoms with E-state index in [9.17, 15) is 10.1 Å². The predicted octanol–water partition coefficient (Wildman–Crippen LogP) is 2.74. The summed E-state index contributed by atoms with van der Waals surface area (Å²) in [5.41, 5.74) is 6.85. The standard InChI is InChI=1S/C21H22N2O5/c1-5-10-27-16-9-8-14(11-17(16)25-6-2)19-15(12-22)20(23)28-13(4)18(19)21(24)26-7-3/h1,8-9,11,19H,6-7,10,23H2,2-4H3. The van der Waals surface area contributed by atoms with Crippen molar-refractivity contribution in [2.24, 2.45) is 5.73 Å². The van der Waals surface area contributed by atoms with Crippen LogP contribution < -0.4 is 15.2 Å². The second kappa shape index (κ2) is 9.38. The van der Waals surface area contributed by atoms with Crippen LogP contribution in [0.1, 0.15) is 32.3 Å². The van der Waals surface area contributed by atoms with Gasteiger partial charge in [-0.2, -0.15) is 5.26 Å². The quantitative estimate of drug-likeness (QED) is 0.571. The maximum atomic E-state index is 12.6. The number of hydrogen-bond acceptors (Lipinski definition) is 7. The lowest BCUT2D eigenvalue weighted by Crippen LogP contribution is -2.25. The zero-order valence-electron chi connectivity index (χ0n) is 16.1. The first kappa shape index (κ1) is 20.7. The molecule has 0 spiro atoms. The summed E-state index contributed by atoms with van der Waals surface area (Å²) >= 11 is 0. The molecule has 146 valence electrons. The Morgan fingerprint density at radius 1 is 1.29 bits per heavy atom. The van der Waals surface area contributed by atoms with E-state index >= 15 is 0 Å². The zero-order valence-corrected chi connectivity index (χ0v) is 16.1. The van der Waals surface area contributed by atoms with Crippen LogP contribution in [0.2, 0.25) is 0 Å². The van der Waals surface area contributed by atoms with Gasteiger partial charge in [-0.1, -0.05) is 12.0 Å². The molecule has 0 fully saturated rings. The third-order valence-electron chi connectivity index (χ3n) is 4.01. The maximum absolute atomic E-state index is 12.6. The maximum Gasteiger partial charge on any atom is 0.338 e. The van der Waals surface area contributed by atoms with Crippen molar-refractivity contribution in [2.45, 2.75) is 26.7 Å². The van der Waals surface area contributed by atoms with Gasteiger partial charge in [-0.3, -0.25) is 0 Å². The van der Waals surface area contributed by atoms with Crippen molar-refractivity contribution in [3.8, 4) is 29.9 Å². The van der Waals surface area contributed by atoms with Crippen molar-refractivity contribution in [1.82, 2.24) is 0 Å². The highest BCUT2D eigenvalue weighted by atomic mass is 16.5. The van der Waals surface area contributed by atoms with Crippen LogP contribution in [0.25, 0.3) is 0 Å². The third-order valence-corrected chi connectivity index (χ3v) is 4.01. The van der Waals surface area contributed by atoms with Gasteiger partial charge in [0.2, 0.25) is 5.88 Å². The molecule has 28 heavy (non-hydrogen) atoms. The molecule has 0 bridgehead atoms. The molecule has 7 heteroatoms. The molecule has 0 saturated heterocycles. The van der Waals surface area contributed by atoms with Gasteiger partial charge in [-0.05, 0) is 38.5 Å². The fourth-order valence-electron chi connectivity index (χ4n) is 2.90. The minimum absolute atomic E-state index is 0.0522. The Bertz CT molecular complexity index is 902. The van der Waals surface area contributed by atoms with Gasteiger partial charge >= 0.3 is 5.97 Å². The summed E-state index contributed by atoms with van der Waals surface area (Å²) in [7, 11) is 0. The van der Waals surface area contributed by atoms with E-state index in [1.54, 1.807) is 32.0 Å². The molecule has 2 rings (SSSR count). The first-order valence-electron chi connectivity index (χ1n) is 8.76. The predicted molar refractivity (Wildman–Crippen MR) is 102 cm³/mol. The zero-order chi connectivity index (χ0) is 20.7. The molecular formula is C21H22N2O5. The SMILES string of the molecule is C#CCOc1ccc(C2C(C#N)=C(N)OC(C)=C2C(=O)OCC)cc1OCC. The molecule has 0 radical (unpaired) electrons. The second-order valence-corrected chi connectivity index (χ2v) is 5.75. The smallest absolute Gasteiger partial charge is 0.338 e. The van der Waals surface area contributed by atoms with Crippen LogP contribution in [-0.2, 0) is 14.3 Å². The van der Waals surface area contributed by atoms with Gasteiger partial charge in [0.05, 0.1) is 24.7 Å². The molecule has 0 amide bonds. The first-order valence-corrected chi connectivity index (χ1v) is 8.76. The average Bonchev–Trinajstić information content (AvgIpc) is 2.66. The van der Waals surface area contributed by atoms with Crippen molar-refractivity contribution in [3.05, 3.63) is 46.6 Å². The summed E-state index contributed by atoms with van der Waals surface area (Å²) in [5.74, 6) is 2.21. The number of allylic oxidation sites excluding steroid dienone is 2. The molecule has 2 N–H and O–H groups in total. The Kier molecular flexibility index (Phi) is 6.95. The van der Waals surface area contributed by atoms with Crippen LogP contribution in [0.3, 0.4) is 0 Å². The number of terminal acetylenes is 1. The highest BCUT2D eigenvalue weighted by Crippen LogP contribution is 2.42. The lowest BCUT2D eigenvalue weighted by Gasteiger charge is -2.27. The summed E-state index contributed by atoms with van der Waals surface area (Å²) in [6.07, 6.45) is 5.25. The van der Waals surface area contributed by atoms with E-state index in [0.29, 0.717) is 23.7 Å². The molecule has 0 aliphatic carbocycles. The summed E-state index contributed by atoms with van der Waals surface area (Å²) < 4.78 is 21.7. The Hall–Kier alpha value is -3.58. The molecule has 0 aromatic heterocycles. The van der Waals surface area contributed by atoms with E-state index in [4.69, 9.17) is 31.1 Å². The van der Waals surface area contributed by atoms with Crippen LogP contribution >= 0.6 is 0 Å². The van der Waals surface area contributed by atoms with E-state index in [1.165, 1.54) is 0 Å². The molecule has 1 heterocycles. The fourth-order valence-corrected chi connectivity index (χ4v) is 2.90. The van der Waals surface area contributed by atoms with Gasteiger partial charge in [0.25, 0.3) is 0 Å². The van der Waals surface area contributed by atoms with Crippen molar-refractivity contribution in [1.29, 1.82) is 5.26 Å². The monoisotopic (exact) mass is 382 g/mol. The molecule has 1 unspecified atom stereocenters. The lowest BCUT2D eigenvalue weighted by atomic mass is 9.83. The van der Waals surface area contributed by atoms with Gasteiger partial charge in [0.15, 0.2) is 11.5 Å². The Balaban J connectivity index is 2.60. The molecule has 1 aliphatic rings. The fraction of sp³-hybridized carbons (Fsp3) is 0.333. The Labute approximate surface area is 164 Å². The van der Waals surface area contributed by atoms with Crippen molar-refractivity contribution >= 4 is 5.97 Å². The number of hydrogen-bond donors (Lipinski definition) is 1. The average molecular weight is 382 g/mol. The van der Waals surface area contributed by atoms with Gasteiger partial charge in [-0.25, -0.2) is 4.79 Å². The van der Waals surface area contributed by atoms with Gasteiger partial charge in [0, 0.05) is 0 Å². The molecule has 1 atom stereocenters. The minimum Gasteiger partial charge on any atom is -0.490 e. The largest absolute Gasteiger partial charge is 0.490 e. The Morgan fingerprint density at radius 2 is 2.04 bits per heavy atom. The van der Waals surface area contributed by atoms with Crippen LogP contribution in [0.4, 0.5) is 0 Å². The van der Waals surface area contributed by atoms with E-state index < -0.39 is 11.9 Å². The second-order valence-electron chi connectivity index (χ2n) is 5.75. The van der Waals surface area contributed by atoms with Crippen molar-refractivity contribution < 1.29 is 23.7 Å². The Morgan fingerprint density at radius 3 is 2.64 bits per heavy atom. The molecule has 1 aliphatic heterocycles. The number of rotatable bonds is 7. The van der Waals surface area contributed by atoms with Crippen molar-refractivity contribution in [3.63, 3.8) is 0 Å². The molecule has 1 aromatic rings. The molecule has 0 saturated carbocycles. The number of esters is 1. The highest BCUT2D eigenvalue weighted by molar-refractivity contribution is 5.92. The number of carbonyl (C=O) groups is 1. The summed E-state index contributed by atoms with van der Waals surface area (Å²) in [6.45, 7) is 5.80. The van der Waals surface area contributed by atoms with Gasteiger partial charge in [0.1, 0.15) is 24.0 Å². The number of carbonyl (C=O) groups excluding carboxylic acids is 1. The van der Waals surface area contributed by atoms with Gasteiger partial charge < -0.3 is 24.7 Å². The number of nitrogens with zero attached hydrogens (tertiary/aromatic N) is 1. The highest BCUT2D eigenvalue weighted by Gasteiger charge is 2.36. The van der Waals surface area contributed by atoms with Crippen LogP contribution in [0.15, 0.2) is 41.0 Å². The summed E-state index contributed by atoms with van der Waals surface area (Å²) in [5, 5.41) is 9.63. The number of nitrogens with two attached hydrogens (primary N) is 1. The number of ether oxygens (including phenoxy) is 4. The summed E-state index contributed by atoms with van der Waals surface area (Å²) in [4.78, 5) is 12.6. The van der Waals surface area contributed by atoms with Gasteiger partial charge in [-0.15, -0.1) is 6.42 Å². The topological polar surface area (TPSA) is 104 Å². The summed E-state index contributed by atoms with van der Waals surface area (Å²) in [6, 6.07) is 7.14. The van der Waals surface area contributed by atoms with Crippen molar-refractivity contribution in [2.75, 3.05) is 19.8 Å². The molecule has 7 nitrogen and oxygen atoms in total. The van der Waals surface area contributed by atoms with E-state index in [0.717, 1.165) is 0 Å². The van der Waals surface area contributed by atoms with E-state index in [-0.39, 0.29) is 36.0 Å². The number of nitriles is 1. The first-order chi connectivity index (χ1) is 13.5. The normalized spacial score (nSPS) is 16.0. The van der Waals surface area contributed by atoms with E-state index in [1.807, 2.05) is 13.0 Å². The van der Waals surface area contributed by atoms with E-state index in [2.05, 4.69) is 5.92 Å². The number of benzene rings is 1. The van der Waals surface area contributed by atoms with Crippen LogP contribution in [0, 0.1) is 23.7 Å². The third kappa shape index (κ3) is 4.21. The molecular weight excluding hydrogens is 360 g/mol. The molecule has 1 aromatic carbocycles.